The van der Waals surface area contributed by atoms with Gasteiger partial charge in [0.1, 0.15) is 18.7 Å². The van der Waals surface area contributed by atoms with E-state index in [1.807, 2.05) is 56.5 Å². The fourth-order valence-corrected chi connectivity index (χ4v) is 4.72. The van der Waals surface area contributed by atoms with Gasteiger partial charge in [-0.2, -0.15) is 11.8 Å². The third-order valence-electron chi connectivity index (χ3n) is 5.88. The Labute approximate surface area is 204 Å². The van der Waals surface area contributed by atoms with Crippen molar-refractivity contribution in [2.45, 2.75) is 44.7 Å². The van der Waals surface area contributed by atoms with Crippen LogP contribution in [-0.4, -0.2) is 53.8 Å². The van der Waals surface area contributed by atoms with Crippen LogP contribution in [0.4, 0.5) is 4.79 Å². The average molecular weight is 485 g/mol. The lowest BCUT2D eigenvalue weighted by Gasteiger charge is -2.23. The van der Waals surface area contributed by atoms with E-state index >= 15 is 0 Å². The summed E-state index contributed by atoms with van der Waals surface area (Å²) in [6.07, 6.45) is 1.85. The van der Waals surface area contributed by atoms with Crippen LogP contribution in [0.2, 0.25) is 0 Å². The summed E-state index contributed by atoms with van der Waals surface area (Å²) in [5, 5.41) is 14.6. The Morgan fingerprint density at radius 1 is 0.971 bits per heavy atom. The van der Waals surface area contributed by atoms with Gasteiger partial charge >= 0.3 is 12.1 Å². The smallest absolute Gasteiger partial charge is 0.407 e. The minimum Gasteiger partial charge on any atom is -0.480 e. The molecule has 0 heterocycles. The van der Waals surface area contributed by atoms with Gasteiger partial charge in [-0.3, -0.25) is 4.79 Å². The largest absolute Gasteiger partial charge is 0.480 e. The standard InChI is InChI=1S/C26H32N2O5S/c1-16(2)14-23(24(29)27-22(25(30)31)12-13-34-3)28-26(32)33-15-21-19-10-6-4-8-17(19)18-9-5-7-11-20(18)21/h4-11,16,21-23H,12-15H2,1-3H3,(H,27,29)(H,28,32)(H,30,31)/t22-,23?/m0/s1. The number of hydrogen-bond donors (Lipinski definition) is 3. The maximum Gasteiger partial charge on any atom is 0.407 e. The molecule has 1 aliphatic rings. The number of thioether (sulfide) groups is 1. The lowest BCUT2D eigenvalue weighted by molar-refractivity contribution is -0.142. The zero-order valence-electron chi connectivity index (χ0n) is 19.7. The minimum atomic E-state index is -1.09. The van der Waals surface area contributed by atoms with Crippen molar-refractivity contribution in [3.05, 3.63) is 59.7 Å². The molecule has 0 fully saturated rings. The summed E-state index contributed by atoms with van der Waals surface area (Å²) in [5.41, 5.74) is 4.47. The Kier molecular flexibility index (Phi) is 8.98. The molecule has 1 aliphatic carbocycles. The number of nitrogens with one attached hydrogen (secondary N) is 2. The first-order valence-corrected chi connectivity index (χ1v) is 12.8. The van der Waals surface area contributed by atoms with E-state index in [0.717, 1.165) is 22.3 Å². The maximum absolute atomic E-state index is 12.8. The number of amides is 2. The molecule has 0 spiro atoms. The van der Waals surface area contributed by atoms with Crippen molar-refractivity contribution >= 4 is 29.7 Å². The maximum atomic E-state index is 12.8. The van der Waals surface area contributed by atoms with Crippen molar-refractivity contribution in [1.82, 2.24) is 10.6 Å². The third-order valence-corrected chi connectivity index (χ3v) is 6.53. The molecule has 0 bridgehead atoms. The van der Waals surface area contributed by atoms with Crippen LogP contribution in [0.1, 0.15) is 43.7 Å². The first kappa shape index (κ1) is 25.6. The zero-order chi connectivity index (χ0) is 24.7. The van der Waals surface area contributed by atoms with Crippen LogP contribution in [0.15, 0.2) is 48.5 Å². The SMILES string of the molecule is CSCC[C@H](NC(=O)C(CC(C)C)NC(=O)OCC1c2ccccc2-c2ccccc21)C(=O)O. The number of hydrogen-bond acceptors (Lipinski definition) is 5. The number of aliphatic carboxylic acids is 1. The molecule has 2 atom stereocenters. The van der Waals surface area contributed by atoms with E-state index in [-0.39, 0.29) is 18.4 Å². The number of ether oxygens (including phenoxy) is 1. The molecule has 2 aromatic carbocycles. The predicted molar refractivity (Wildman–Crippen MR) is 134 cm³/mol. The molecule has 0 aromatic heterocycles. The summed E-state index contributed by atoms with van der Waals surface area (Å²) in [4.78, 5) is 37.0. The second-order valence-electron chi connectivity index (χ2n) is 8.83. The van der Waals surface area contributed by atoms with Crippen molar-refractivity contribution in [1.29, 1.82) is 0 Å². The van der Waals surface area contributed by atoms with Crippen molar-refractivity contribution in [3.8, 4) is 11.1 Å². The second kappa shape index (κ2) is 11.9. The van der Waals surface area contributed by atoms with Crippen LogP contribution in [0, 0.1) is 5.92 Å². The fourth-order valence-electron chi connectivity index (χ4n) is 4.25. The molecule has 0 aliphatic heterocycles. The van der Waals surface area contributed by atoms with Gasteiger partial charge in [0, 0.05) is 5.92 Å². The van der Waals surface area contributed by atoms with Crippen LogP contribution in [0.25, 0.3) is 11.1 Å². The highest BCUT2D eigenvalue weighted by Crippen LogP contribution is 2.44. The van der Waals surface area contributed by atoms with Gasteiger partial charge in [0.15, 0.2) is 0 Å². The number of benzene rings is 2. The first-order chi connectivity index (χ1) is 16.3. The lowest BCUT2D eigenvalue weighted by atomic mass is 9.98. The van der Waals surface area contributed by atoms with Gasteiger partial charge in [-0.05, 0) is 53.0 Å². The molecule has 2 aromatic rings. The highest BCUT2D eigenvalue weighted by atomic mass is 32.2. The quantitative estimate of drug-likeness (QED) is 0.440. The topological polar surface area (TPSA) is 105 Å². The van der Waals surface area contributed by atoms with E-state index in [0.29, 0.717) is 18.6 Å². The van der Waals surface area contributed by atoms with E-state index < -0.39 is 30.1 Å². The molecular formula is C26H32N2O5S. The Morgan fingerprint density at radius 2 is 1.56 bits per heavy atom. The van der Waals surface area contributed by atoms with Gasteiger partial charge in [0.05, 0.1) is 0 Å². The lowest BCUT2D eigenvalue weighted by Crippen LogP contribution is -2.52. The molecule has 2 amide bonds. The summed E-state index contributed by atoms with van der Waals surface area (Å²) >= 11 is 1.51. The van der Waals surface area contributed by atoms with Crippen molar-refractivity contribution in [2.75, 3.05) is 18.6 Å². The van der Waals surface area contributed by atoms with E-state index in [1.165, 1.54) is 11.8 Å². The Balaban J connectivity index is 1.65. The Bertz CT molecular complexity index is 980. The predicted octanol–water partition coefficient (Wildman–Crippen LogP) is 4.26. The zero-order valence-corrected chi connectivity index (χ0v) is 20.6. The van der Waals surface area contributed by atoms with Crippen LogP contribution < -0.4 is 10.6 Å². The van der Waals surface area contributed by atoms with Gasteiger partial charge < -0.3 is 20.5 Å². The number of rotatable bonds is 11. The van der Waals surface area contributed by atoms with Crippen molar-refractivity contribution in [2.24, 2.45) is 5.92 Å². The number of carboxylic acids is 1. The first-order valence-electron chi connectivity index (χ1n) is 11.5. The van der Waals surface area contributed by atoms with Crippen LogP contribution in [-0.2, 0) is 14.3 Å². The minimum absolute atomic E-state index is 0.0848. The van der Waals surface area contributed by atoms with Crippen molar-refractivity contribution in [3.63, 3.8) is 0 Å². The highest BCUT2D eigenvalue weighted by Gasteiger charge is 2.31. The summed E-state index contributed by atoms with van der Waals surface area (Å²) in [5.74, 6) is -0.980. The number of fused-ring (bicyclic) bond motifs is 3. The molecule has 0 saturated carbocycles. The number of alkyl carbamates (subject to hydrolysis) is 1. The molecule has 3 rings (SSSR count). The van der Waals surface area contributed by atoms with Crippen LogP contribution in [0.3, 0.4) is 0 Å². The van der Waals surface area contributed by atoms with Crippen molar-refractivity contribution < 1.29 is 24.2 Å². The monoisotopic (exact) mass is 484 g/mol. The van der Waals surface area contributed by atoms with E-state index in [1.54, 1.807) is 0 Å². The number of carbonyl (C=O) groups excluding carboxylic acids is 2. The number of carboxylic acid groups (broad SMARTS) is 1. The molecular weight excluding hydrogens is 452 g/mol. The van der Waals surface area contributed by atoms with Crippen LogP contribution >= 0.6 is 11.8 Å². The molecule has 3 N–H and O–H groups in total. The number of carbonyl (C=O) groups is 3. The Morgan fingerprint density at radius 3 is 2.09 bits per heavy atom. The van der Waals surface area contributed by atoms with Crippen LogP contribution in [0.5, 0.6) is 0 Å². The molecule has 1 unspecified atom stereocenters. The normalized spacial score (nSPS) is 14.1. The Hall–Kier alpha value is -3.00. The molecule has 34 heavy (non-hydrogen) atoms. The summed E-state index contributed by atoms with van der Waals surface area (Å²) in [6.45, 7) is 4.01. The fraction of sp³-hybridized carbons (Fsp3) is 0.423. The van der Waals surface area contributed by atoms with Gasteiger partial charge in [-0.1, -0.05) is 62.4 Å². The summed E-state index contributed by atoms with van der Waals surface area (Å²) < 4.78 is 5.57. The molecule has 0 radical (unpaired) electrons. The average Bonchev–Trinajstić information content (AvgIpc) is 3.13. The van der Waals surface area contributed by atoms with Gasteiger partial charge in [-0.25, -0.2) is 9.59 Å². The molecule has 182 valence electrons. The highest BCUT2D eigenvalue weighted by molar-refractivity contribution is 7.98. The summed E-state index contributed by atoms with van der Waals surface area (Å²) in [7, 11) is 0. The van der Waals surface area contributed by atoms with Gasteiger partial charge in [0.2, 0.25) is 5.91 Å². The molecule has 7 nitrogen and oxygen atoms in total. The van der Waals surface area contributed by atoms with Gasteiger partial charge in [0.25, 0.3) is 0 Å². The van der Waals surface area contributed by atoms with Gasteiger partial charge in [-0.15, -0.1) is 0 Å². The molecule has 0 saturated heterocycles. The third kappa shape index (κ3) is 6.32. The molecule has 8 heteroatoms. The van der Waals surface area contributed by atoms with E-state index in [4.69, 9.17) is 4.74 Å². The second-order valence-corrected chi connectivity index (χ2v) is 9.82. The van der Waals surface area contributed by atoms with E-state index in [9.17, 15) is 19.5 Å². The van der Waals surface area contributed by atoms with E-state index in [2.05, 4.69) is 22.8 Å². The summed E-state index contributed by atoms with van der Waals surface area (Å²) in [6, 6.07) is 14.2.